The smallest absolute Gasteiger partial charge is 0.235 e. The van der Waals surface area contributed by atoms with Crippen LogP contribution in [-0.4, -0.2) is 12.5 Å². The van der Waals surface area contributed by atoms with Crippen LogP contribution >= 0.6 is 27.5 Å². The molecular weight excluding hydrogens is 342 g/mol. The van der Waals surface area contributed by atoms with E-state index in [0.29, 0.717) is 17.3 Å². The van der Waals surface area contributed by atoms with E-state index in [4.69, 9.17) is 16.3 Å². The Bertz CT molecular complexity index is 675. The van der Waals surface area contributed by atoms with E-state index in [1.54, 1.807) is 18.2 Å². The molecule has 3 nitrogen and oxygen atoms in total. The number of halogens is 2. The van der Waals surface area contributed by atoms with Crippen LogP contribution in [0.3, 0.4) is 0 Å². The first-order valence-electron chi connectivity index (χ1n) is 6.13. The molecule has 0 bridgehead atoms. The van der Waals surface area contributed by atoms with Gasteiger partial charge in [-0.3, -0.25) is 4.79 Å². The molecule has 1 unspecified atom stereocenters. The van der Waals surface area contributed by atoms with Gasteiger partial charge in [0, 0.05) is 15.7 Å². The van der Waals surface area contributed by atoms with Gasteiger partial charge in [-0.1, -0.05) is 29.8 Å². The van der Waals surface area contributed by atoms with Gasteiger partial charge >= 0.3 is 0 Å². The molecule has 0 spiro atoms. The lowest BCUT2D eigenvalue weighted by atomic mass is 10.0. The summed E-state index contributed by atoms with van der Waals surface area (Å²) in [4.78, 5) is 12.3. The third-order valence-corrected chi connectivity index (χ3v) is 4.44. The molecule has 1 aliphatic rings. The van der Waals surface area contributed by atoms with Crippen molar-refractivity contribution in [1.29, 1.82) is 0 Å². The lowest BCUT2D eigenvalue weighted by Gasteiger charge is -2.10. The van der Waals surface area contributed by atoms with Gasteiger partial charge in [-0.25, -0.2) is 0 Å². The van der Waals surface area contributed by atoms with Gasteiger partial charge in [-0.05, 0) is 40.2 Å². The third-order valence-electron chi connectivity index (χ3n) is 3.20. The first-order valence-corrected chi connectivity index (χ1v) is 7.30. The molecule has 1 atom stereocenters. The molecule has 1 aliphatic heterocycles. The zero-order valence-corrected chi connectivity index (χ0v) is 12.7. The predicted molar refractivity (Wildman–Crippen MR) is 82.5 cm³/mol. The van der Waals surface area contributed by atoms with E-state index in [0.717, 1.165) is 15.8 Å². The molecule has 0 radical (unpaired) electrons. The van der Waals surface area contributed by atoms with Gasteiger partial charge in [-0.15, -0.1) is 0 Å². The van der Waals surface area contributed by atoms with Gasteiger partial charge in [0.15, 0.2) is 0 Å². The van der Waals surface area contributed by atoms with Crippen molar-refractivity contribution in [2.75, 3.05) is 11.9 Å². The molecule has 20 heavy (non-hydrogen) atoms. The highest BCUT2D eigenvalue weighted by Gasteiger charge is 2.30. The van der Waals surface area contributed by atoms with Crippen molar-refractivity contribution in [3.8, 4) is 5.75 Å². The summed E-state index contributed by atoms with van der Waals surface area (Å²) >= 11 is 9.33. The fraction of sp³-hybridized carbons (Fsp3) is 0.133. The Morgan fingerprint density at radius 3 is 2.90 bits per heavy atom. The van der Waals surface area contributed by atoms with E-state index in [-0.39, 0.29) is 11.8 Å². The maximum absolute atomic E-state index is 12.3. The SMILES string of the molecule is O=C(Nc1ccc(Br)c(Cl)c1)C1COc2ccccc21. The fourth-order valence-corrected chi connectivity index (χ4v) is 2.61. The average Bonchev–Trinajstić information content (AvgIpc) is 2.87. The summed E-state index contributed by atoms with van der Waals surface area (Å²) in [6.07, 6.45) is 0. The minimum absolute atomic E-state index is 0.0895. The van der Waals surface area contributed by atoms with Crippen molar-refractivity contribution in [2.24, 2.45) is 0 Å². The Kier molecular flexibility index (Phi) is 3.68. The molecule has 102 valence electrons. The summed E-state index contributed by atoms with van der Waals surface area (Å²) in [6.45, 7) is 0.370. The number of carbonyl (C=O) groups excluding carboxylic acids is 1. The van der Waals surface area contributed by atoms with Gasteiger partial charge in [0.2, 0.25) is 5.91 Å². The highest BCUT2D eigenvalue weighted by Crippen LogP contribution is 2.34. The molecule has 0 aromatic heterocycles. The van der Waals surface area contributed by atoms with E-state index < -0.39 is 0 Å². The second-order valence-corrected chi connectivity index (χ2v) is 5.78. The van der Waals surface area contributed by atoms with Crippen molar-refractivity contribution in [2.45, 2.75) is 5.92 Å². The van der Waals surface area contributed by atoms with E-state index in [1.165, 1.54) is 0 Å². The fourth-order valence-electron chi connectivity index (χ4n) is 2.18. The van der Waals surface area contributed by atoms with Gasteiger partial charge in [0.1, 0.15) is 18.3 Å². The standard InChI is InChI=1S/C15H11BrClNO2/c16-12-6-5-9(7-13(12)17)18-15(19)11-8-20-14-4-2-1-3-10(11)14/h1-7,11H,8H2,(H,18,19). The van der Waals surface area contributed by atoms with E-state index >= 15 is 0 Å². The van der Waals surface area contributed by atoms with Crippen LogP contribution in [0.4, 0.5) is 5.69 Å². The number of para-hydroxylation sites is 1. The Morgan fingerprint density at radius 2 is 2.10 bits per heavy atom. The number of carbonyl (C=O) groups is 1. The number of benzene rings is 2. The van der Waals surface area contributed by atoms with Crippen LogP contribution in [0.5, 0.6) is 5.75 Å². The van der Waals surface area contributed by atoms with Crippen molar-refractivity contribution in [1.82, 2.24) is 0 Å². The van der Waals surface area contributed by atoms with Crippen LogP contribution in [0.1, 0.15) is 11.5 Å². The molecular formula is C15H11BrClNO2. The number of hydrogen-bond donors (Lipinski definition) is 1. The van der Waals surface area contributed by atoms with Crippen molar-refractivity contribution >= 4 is 39.1 Å². The first-order chi connectivity index (χ1) is 9.65. The Balaban J connectivity index is 1.79. The summed E-state index contributed by atoms with van der Waals surface area (Å²) in [5.41, 5.74) is 1.60. The number of ether oxygens (including phenoxy) is 1. The number of fused-ring (bicyclic) bond motifs is 1. The number of rotatable bonds is 2. The zero-order valence-electron chi connectivity index (χ0n) is 10.4. The van der Waals surface area contributed by atoms with Gasteiger partial charge in [0.05, 0.1) is 5.02 Å². The molecule has 1 N–H and O–H groups in total. The topological polar surface area (TPSA) is 38.3 Å². The number of amides is 1. The van der Waals surface area contributed by atoms with Crippen LogP contribution < -0.4 is 10.1 Å². The lowest BCUT2D eigenvalue weighted by molar-refractivity contribution is -0.117. The van der Waals surface area contributed by atoms with Crippen molar-refractivity contribution < 1.29 is 9.53 Å². The van der Waals surface area contributed by atoms with Gasteiger partial charge in [0.25, 0.3) is 0 Å². The molecule has 2 aromatic rings. The second kappa shape index (κ2) is 5.46. The molecule has 0 aliphatic carbocycles. The highest BCUT2D eigenvalue weighted by atomic mass is 79.9. The van der Waals surface area contributed by atoms with Crippen LogP contribution in [0.15, 0.2) is 46.9 Å². The lowest BCUT2D eigenvalue weighted by Crippen LogP contribution is -2.22. The van der Waals surface area contributed by atoms with E-state index in [9.17, 15) is 4.79 Å². The highest BCUT2D eigenvalue weighted by molar-refractivity contribution is 9.10. The van der Waals surface area contributed by atoms with Crippen LogP contribution in [-0.2, 0) is 4.79 Å². The average molecular weight is 353 g/mol. The molecule has 0 fully saturated rings. The van der Waals surface area contributed by atoms with Crippen LogP contribution in [0, 0.1) is 0 Å². The number of nitrogens with one attached hydrogen (secondary N) is 1. The Labute approximate surface area is 130 Å². The minimum Gasteiger partial charge on any atom is -0.492 e. The third kappa shape index (κ3) is 2.53. The van der Waals surface area contributed by atoms with E-state index in [2.05, 4.69) is 21.2 Å². The normalized spacial score (nSPS) is 16.4. The first kappa shape index (κ1) is 13.5. The van der Waals surface area contributed by atoms with Crippen LogP contribution in [0.2, 0.25) is 5.02 Å². The largest absolute Gasteiger partial charge is 0.492 e. The van der Waals surface area contributed by atoms with Crippen molar-refractivity contribution in [3.05, 3.63) is 57.5 Å². The number of anilines is 1. The Hall–Kier alpha value is -1.52. The van der Waals surface area contributed by atoms with E-state index in [1.807, 2.05) is 24.3 Å². The molecule has 5 heteroatoms. The predicted octanol–water partition coefficient (Wildman–Crippen LogP) is 4.22. The van der Waals surface area contributed by atoms with Gasteiger partial charge in [-0.2, -0.15) is 0 Å². The summed E-state index contributed by atoms with van der Waals surface area (Å²) in [5, 5.41) is 3.43. The summed E-state index contributed by atoms with van der Waals surface area (Å²) in [5.74, 6) is 0.406. The monoisotopic (exact) mass is 351 g/mol. The summed E-state index contributed by atoms with van der Waals surface area (Å²) in [7, 11) is 0. The van der Waals surface area contributed by atoms with Gasteiger partial charge < -0.3 is 10.1 Å². The minimum atomic E-state index is -0.284. The van der Waals surface area contributed by atoms with Crippen molar-refractivity contribution in [3.63, 3.8) is 0 Å². The molecule has 2 aromatic carbocycles. The molecule has 1 heterocycles. The molecule has 0 saturated carbocycles. The molecule has 1 amide bonds. The maximum Gasteiger partial charge on any atom is 0.235 e. The Morgan fingerprint density at radius 1 is 1.30 bits per heavy atom. The summed E-state index contributed by atoms with van der Waals surface area (Å²) < 4.78 is 6.32. The zero-order chi connectivity index (χ0) is 14.1. The molecule has 3 rings (SSSR count). The summed E-state index contributed by atoms with van der Waals surface area (Å²) in [6, 6.07) is 12.9. The number of hydrogen-bond acceptors (Lipinski definition) is 2. The van der Waals surface area contributed by atoms with Crippen LogP contribution in [0.25, 0.3) is 0 Å². The second-order valence-electron chi connectivity index (χ2n) is 4.52. The quantitative estimate of drug-likeness (QED) is 0.879. The molecule has 0 saturated heterocycles. The maximum atomic E-state index is 12.3.